The zero-order valence-corrected chi connectivity index (χ0v) is 16.4. The van der Waals surface area contributed by atoms with Gasteiger partial charge in [0.15, 0.2) is 0 Å². The van der Waals surface area contributed by atoms with Gasteiger partial charge in [-0.3, -0.25) is 24.6 Å². The van der Waals surface area contributed by atoms with Crippen molar-refractivity contribution in [2.75, 3.05) is 5.32 Å². The molecule has 7 nitrogen and oxygen atoms in total. The lowest BCUT2D eigenvalue weighted by atomic mass is 10.2. The van der Waals surface area contributed by atoms with E-state index in [1.165, 1.54) is 40.5 Å². The van der Waals surface area contributed by atoms with E-state index >= 15 is 0 Å². The molecule has 2 amide bonds. The number of thiophene rings is 1. The lowest BCUT2D eigenvalue weighted by molar-refractivity contribution is -0.384. The lowest BCUT2D eigenvalue weighted by Gasteiger charge is -2.22. The Bertz CT molecular complexity index is 939. The molecule has 1 aliphatic rings. The second-order valence-electron chi connectivity index (χ2n) is 5.54. The van der Waals surface area contributed by atoms with Crippen molar-refractivity contribution in [3.05, 3.63) is 61.7 Å². The fourth-order valence-electron chi connectivity index (χ4n) is 2.35. The highest BCUT2D eigenvalue weighted by Gasteiger charge is 2.38. The monoisotopic (exact) mass is 419 g/mol. The second kappa shape index (κ2) is 7.99. The van der Waals surface area contributed by atoms with Crippen molar-refractivity contribution in [1.82, 2.24) is 4.90 Å². The summed E-state index contributed by atoms with van der Waals surface area (Å²) >= 11 is 7.93. The molecule has 2 aromatic rings. The third kappa shape index (κ3) is 4.24. The highest BCUT2D eigenvalue weighted by molar-refractivity contribution is 8.26. The standard InChI is InChI=1S/C17H13N3O4S3/c1-10(15(21)18-11-4-6-12(7-5-11)20(23)24)19-16(22)14(27-17(19)25)9-13-3-2-8-26-13/h2-10H,1H3,(H,18,21)/b14-9-. The Kier molecular flexibility index (Phi) is 5.68. The van der Waals surface area contributed by atoms with E-state index in [0.717, 1.165) is 16.6 Å². The van der Waals surface area contributed by atoms with Crippen LogP contribution in [0.15, 0.2) is 46.7 Å². The molecular formula is C17H13N3O4S3. The molecule has 0 aliphatic carbocycles. The summed E-state index contributed by atoms with van der Waals surface area (Å²) in [7, 11) is 0. The number of non-ortho nitro benzene ring substituents is 1. The number of nitro groups is 1. The normalized spacial score (nSPS) is 16.6. The number of hydrogen-bond donors (Lipinski definition) is 1. The van der Waals surface area contributed by atoms with Crippen molar-refractivity contribution in [2.45, 2.75) is 13.0 Å². The molecule has 138 valence electrons. The van der Waals surface area contributed by atoms with E-state index in [2.05, 4.69) is 5.32 Å². The van der Waals surface area contributed by atoms with Gasteiger partial charge < -0.3 is 5.32 Å². The fraction of sp³-hybridized carbons (Fsp3) is 0.118. The summed E-state index contributed by atoms with van der Waals surface area (Å²) < 4.78 is 0.314. The summed E-state index contributed by atoms with van der Waals surface area (Å²) in [5.41, 5.74) is 0.328. The number of thioether (sulfide) groups is 1. The molecule has 27 heavy (non-hydrogen) atoms. The molecule has 1 aromatic carbocycles. The minimum Gasteiger partial charge on any atom is -0.324 e. The topological polar surface area (TPSA) is 92.5 Å². The summed E-state index contributed by atoms with van der Waals surface area (Å²) in [5.74, 6) is -0.748. The van der Waals surface area contributed by atoms with Gasteiger partial charge >= 0.3 is 0 Å². The molecule has 2 heterocycles. The summed E-state index contributed by atoms with van der Waals surface area (Å²) in [5, 5.41) is 15.2. The van der Waals surface area contributed by atoms with Crippen molar-refractivity contribution in [3.8, 4) is 0 Å². The van der Waals surface area contributed by atoms with Gasteiger partial charge in [0.05, 0.1) is 9.83 Å². The zero-order valence-electron chi connectivity index (χ0n) is 13.9. The Morgan fingerprint density at radius 1 is 1.33 bits per heavy atom. The highest BCUT2D eigenvalue weighted by Crippen LogP contribution is 2.34. The van der Waals surface area contributed by atoms with Crippen LogP contribution in [0.1, 0.15) is 11.8 Å². The van der Waals surface area contributed by atoms with E-state index in [1.54, 1.807) is 13.0 Å². The van der Waals surface area contributed by atoms with Crippen LogP contribution in [0.4, 0.5) is 11.4 Å². The maximum Gasteiger partial charge on any atom is 0.269 e. The average molecular weight is 420 g/mol. The summed E-state index contributed by atoms with van der Waals surface area (Å²) in [6.07, 6.45) is 1.75. The largest absolute Gasteiger partial charge is 0.324 e. The lowest BCUT2D eigenvalue weighted by Crippen LogP contribution is -2.44. The Balaban J connectivity index is 1.71. The smallest absolute Gasteiger partial charge is 0.269 e. The van der Waals surface area contributed by atoms with Crippen LogP contribution < -0.4 is 5.32 Å². The minimum atomic E-state index is -0.818. The predicted octanol–water partition coefficient (Wildman–Crippen LogP) is 3.88. The molecule has 0 bridgehead atoms. The zero-order chi connectivity index (χ0) is 19.6. The number of benzene rings is 1. The van der Waals surface area contributed by atoms with Crippen LogP contribution in [0.25, 0.3) is 6.08 Å². The van der Waals surface area contributed by atoms with E-state index in [1.807, 2.05) is 17.5 Å². The molecule has 1 saturated heterocycles. The highest BCUT2D eigenvalue weighted by atomic mass is 32.2. The molecule has 0 spiro atoms. The summed E-state index contributed by atoms with van der Waals surface area (Å²) in [6.45, 7) is 1.58. The molecule has 0 radical (unpaired) electrons. The number of nitro benzene ring substituents is 1. The van der Waals surface area contributed by atoms with Crippen LogP contribution in [-0.2, 0) is 9.59 Å². The molecule has 10 heteroatoms. The van der Waals surface area contributed by atoms with Crippen LogP contribution in [0.3, 0.4) is 0 Å². The molecular weight excluding hydrogens is 406 g/mol. The van der Waals surface area contributed by atoms with Crippen LogP contribution in [-0.4, -0.2) is 32.0 Å². The molecule has 1 unspecified atom stereocenters. The first kappa shape index (κ1) is 19.2. The van der Waals surface area contributed by atoms with Gasteiger partial charge in [0, 0.05) is 22.7 Å². The predicted molar refractivity (Wildman–Crippen MR) is 111 cm³/mol. The number of anilines is 1. The van der Waals surface area contributed by atoms with Gasteiger partial charge in [-0.2, -0.15) is 0 Å². The maximum atomic E-state index is 12.7. The third-order valence-electron chi connectivity index (χ3n) is 3.75. The number of rotatable bonds is 5. The maximum absolute atomic E-state index is 12.7. The van der Waals surface area contributed by atoms with E-state index in [0.29, 0.717) is 14.9 Å². The van der Waals surface area contributed by atoms with Crippen LogP contribution in [0.5, 0.6) is 0 Å². The molecule has 1 aliphatic heterocycles. The van der Waals surface area contributed by atoms with Crippen molar-refractivity contribution >= 4 is 68.9 Å². The van der Waals surface area contributed by atoms with Gasteiger partial charge in [0.1, 0.15) is 10.4 Å². The summed E-state index contributed by atoms with van der Waals surface area (Å²) in [6, 6.07) is 8.42. The Labute approximate surface area is 168 Å². The molecule has 3 rings (SSSR count). The van der Waals surface area contributed by atoms with Crippen molar-refractivity contribution in [1.29, 1.82) is 0 Å². The molecule has 1 atom stereocenters. The van der Waals surface area contributed by atoms with E-state index in [-0.39, 0.29) is 11.6 Å². The minimum absolute atomic E-state index is 0.0725. The average Bonchev–Trinajstić information content (AvgIpc) is 3.23. The Hall–Kier alpha value is -2.56. The first-order valence-electron chi connectivity index (χ1n) is 7.72. The number of hydrogen-bond acceptors (Lipinski definition) is 7. The van der Waals surface area contributed by atoms with Crippen molar-refractivity contribution in [2.24, 2.45) is 0 Å². The van der Waals surface area contributed by atoms with Crippen LogP contribution in [0, 0.1) is 10.1 Å². The van der Waals surface area contributed by atoms with Gasteiger partial charge in [-0.15, -0.1) is 11.3 Å². The summed E-state index contributed by atoms with van der Waals surface area (Å²) in [4.78, 5) is 38.0. The first-order valence-corrected chi connectivity index (χ1v) is 9.83. The number of thiocarbonyl (C=S) groups is 1. The van der Waals surface area contributed by atoms with Gasteiger partial charge in [-0.25, -0.2) is 0 Å². The fourth-order valence-corrected chi connectivity index (χ4v) is 4.49. The number of amides is 2. The molecule has 0 saturated carbocycles. The number of nitrogens with one attached hydrogen (secondary N) is 1. The van der Waals surface area contributed by atoms with Crippen LogP contribution >= 0.6 is 35.3 Å². The SMILES string of the molecule is CC(C(=O)Nc1ccc([N+](=O)[O-])cc1)N1C(=O)/C(=C/c2cccs2)SC1=S. The van der Waals surface area contributed by atoms with Crippen LogP contribution in [0.2, 0.25) is 0 Å². The first-order chi connectivity index (χ1) is 12.9. The Morgan fingerprint density at radius 3 is 2.63 bits per heavy atom. The molecule has 1 N–H and O–H groups in total. The van der Waals surface area contributed by atoms with E-state index < -0.39 is 16.9 Å². The van der Waals surface area contributed by atoms with Gasteiger partial charge in [-0.1, -0.05) is 30.0 Å². The van der Waals surface area contributed by atoms with Gasteiger partial charge in [0.2, 0.25) is 5.91 Å². The number of nitrogens with zero attached hydrogens (tertiary/aromatic N) is 2. The van der Waals surface area contributed by atoms with Crippen molar-refractivity contribution in [3.63, 3.8) is 0 Å². The van der Waals surface area contributed by atoms with Crippen molar-refractivity contribution < 1.29 is 14.5 Å². The molecule has 1 aromatic heterocycles. The van der Waals surface area contributed by atoms with E-state index in [4.69, 9.17) is 12.2 Å². The number of carbonyl (C=O) groups is 2. The molecule has 1 fully saturated rings. The van der Waals surface area contributed by atoms with E-state index in [9.17, 15) is 19.7 Å². The Morgan fingerprint density at radius 2 is 2.04 bits per heavy atom. The quantitative estimate of drug-likeness (QED) is 0.342. The van der Waals surface area contributed by atoms with Gasteiger partial charge in [-0.05, 0) is 36.6 Å². The van der Waals surface area contributed by atoms with Gasteiger partial charge in [0.25, 0.3) is 11.6 Å². The third-order valence-corrected chi connectivity index (χ3v) is 5.90. The second-order valence-corrected chi connectivity index (χ2v) is 8.19. The number of carbonyl (C=O) groups excluding carboxylic acids is 2.